The van der Waals surface area contributed by atoms with Crippen LogP contribution in [-0.2, 0) is 16.4 Å². The van der Waals surface area contributed by atoms with Crippen LogP contribution in [0.2, 0.25) is 0 Å². The van der Waals surface area contributed by atoms with Crippen molar-refractivity contribution in [2.45, 2.75) is 56.4 Å². The fourth-order valence-corrected chi connectivity index (χ4v) is 7.85. The number of rotatable bonds is 11. The summed E-state index contributed by atoms with van der Waals surface area (Å²) in [5, 5.41) is 43.8. The summed E-state index contributed by atoms with van der Waals surface area (Å²) in [5.41, 5.74) is 3.27. The Balaban J connectivity index is 1.25. The minimum atomic E-state index is -3.64. The molecule has 0 bridgehead atoms. The molecule has 3 aromatic heterocycles. The molecule has 0 amide bonds. The number of hydrogen-bond acceptors (Lipinski definition) is 12. The van der Waals surface area contributed by atoms with Gasteiger partial charge in [-0.05, 0) is 35.1 Å². The zero-order chi connectivity index (χ0) is 33.4. The van der Waals surface area contributed by atoms with Crippen molar-refractivity contribution in [3.05, 3.63) is 83.9 Å². The zero-order valence-electron chi connectivity index (χ0n) is 26.5. The van der Waals surface area contributed by atoms with Crippen LogP contribution in [0.15, 0.2) is 67.0 Å². The molecule has 0 unspecified atom stereocenters. The molecule has 2 fully saturated rings. The number of hydrogen-bond donors (Lipinski definition) is 4. The standard InChI is InChI=1S/C32H39N11O4S/c1-2-26-38-40-43(39-26)25-15-24(28(44)29(25)45)42-19-35-27-30(34-16-23(21-9-5-3-6-10-21)22-11-7-4-8-12-22)36-32(37-31(27)42)41-14-13-20(17-41)18-48(33,46)47/h3-12,19-20,23-25,28-29,44-45H,2,13-18H2,1H3,(H2,33,46,47)(H,34,36,37)/t20-,24-,25+,28+,29-/m1/s1. The third-order valence-electron chi connectivity index (χ3n) is 9.39. The molecule has 5 aromatic rings. The number of nitrogens with two attached hydrogens (primary N) is 1. The molecule has 48 heavy (non-hydrogen) atoms. The van der Waals surface area contributed by atoms with Crippen molar-refractivity contribution >= 4 is 33.0 Å². The molecule has 1 saturated heterocycles. The lowest BCUT2D eigenvalue weighted by molar-refractivity contribution is 0.00473. The molecule has 1 aliphatic heterocycles. The second-order valence-electron chi connectivity index (χ2n) is 12.6. The van der Waals surface area contributed by atoms with E-state index in [-0.39, 0.29) is 17.6 Å². The lowest BCUT2D eigenvalue weighted by Gasteiger charge is -2.22. The molecule has 15 nitrogen and oxygen atoms in total. The second-order valence-corrected chi connectivity index (χ2v) is 14.3. The van der Waals surface area contributed by atoms with Gasteiger partial charge >= 0.3 is 0 Å². The van der Waals surface area contributed by atoms with E-state index in [2.05, 4.69) is 45.0 Å². The number of tetrazole rings is 1. The van der Waals surface area contributed by atoms with Gasteiger partial charge in [0.15, 0.2) is 22.8 Å². The molecule has 1 aliphatic carbocycles. The van der Waals surface area contributed by atoms with Crippen LogP contribution in [-0.4, -0.2) is 96.0 Å². The number of aryl methyl sites for hydroxylation is 1. The van der Waals surface area contributed by atoms with E-state index in [1.165, 1.54) is 4.80 Å². The normalized spacial score (nSPS) is 23.0. The Labute approximate surface area is 277 Å². The number of sulfonamides is 1. The van der Waals surface area contributed by atoms with Crippen LogP contribution >= 0.6 is 0 Å². The highest BCUT2D eigenvalue weighted by molar-refractivity contribution is 7.89. The number of aliphatic hydroxyl groups excluding tert-OH is 2. The average Bonchev–Trinajstić information content (AvgIpc) is 3.89. The number of aromatic nitrogens is 8. The predicted molar refractivity (Wildman–Crippen MR) is 179 cm³/mol. The molecular formula is C32H39N11O4S. The SMILES string of the molecule is CCc1nnn([C@H]2C[C@@H](n3cnc4c(NCC(c5ccccc5)c5ccccc5)nc(N5CC[C@@H](CS(N)(=O)=O)C5)nc43)[C@H](O)[C@@H]2O)n1. The van der Waals surface area contributed by atoms with Gasteiger partial charge in [0, 0.05) is 32.0 Å². The number of nitrogens with one attached hydrogen (secondary N) is 1. The van der Waals surface area contributed by atoms with Crippen molar-refractivity contribution in [3.8, 4) is 0 Å². The summed E-state index contributed by atoms with van der Waals surface area (Å²) >= 11 is 0. The Hall–Kier alpha value is -4.51. The molecule has 7 rings (SSSR count). The highest BCUT2D eigenvalue weighted by Crippen LogP contribution is 2.40. The quantitative estimate of drug-likeness (QED) is 0.158. The number of aliphatic hydroxyl groups is 2. The first-order chi connectivity index (χ1) is 23.2. The van der Waals surface area contributed by atoms with E-state index in [1.807, 2.05) is 48.2 Å². The van der Waals surface area contributed by atoms with Gasteiger partial charge < -0.3 is 25.0 Å². The number of imidazole rings is 1. The van der Waals surface area contributed by atoms with Crippen molar-refractivity contribution < 1.29 is 18.6 Å². The first-order valence-electron chi connectivity index (χ1n) is 16.2. The lowest BCUT2D eigenvalue weighted by Crippen LogP contribution is -2.31. The molecule has 5 N–H and O–H groups in total. The highest BCUT2D eigenvalue weighted by Gasteiger charge is 2.45. The van der Waals surface area contributed by atoms with Gasteiger partial charge in [-0.1, -0.05) is 67.6 Å². The van der Waals surface area contributed by atoms with E-state index in [9.17, 15) is 18.6 Å². The molecule has 16 heteroatoms. The van der Waals surface area contributed by atoms with Crippen LogP contribution in [0.3, 0.4) is 0 Å². The average molecular weight is 674 g/mol. The van der Waals surface area contributed by atoms with Crippen LogP contribution in [0.25, 0.3) is 11.2 Å². The van der Waals surface area contributed by atoms with Gasteiger partial charge in [-0.25, -0.2) is 18.5 Å². The van der Waals surface area contributed by atoms with E-state index < -0.39 is 34.3 Å². The summed E-state index contributed by atoms with van der Waals surface area (Å²) in [6.45, 7) is 3.41. The largest absolute Gasteiger partial charge is 0.388 e. The summed E-state index contributed by atoms with van der Waals surface area (Å²) in [6.07, 6.45) is 0.873. The van der Waals surface area contributed by atoms with Gasteiger partial charge in [0.2, 0.25) is 16.0 Å². The van der Waals surface area contributed by atoms with E-state index >= 15 is 0 Å². The number of fused-ring (bicyclic) bond motifs is 1. The molecule has 252 valence electrons. The van der Waals surface area contributed by atoms with Crippen LogP contribution in [0.5, 0.6) is 0 Å². The second kappa shape index (κ2) is 13.2. The fraction of sp³-hybridized carbons (Fsp3) is 0.438. The summed E-state index contributed by atoms with van der Waals surface area (Å²) in [7, 11) is -3.64. The third kappa shape index (κ3) is 6.48. The van der Waals surface area contributed by atoms with Crippen molar-refractivity contribution in [2.75, 3.05) is 35.6 Å². The molecule has 2 aromatic carbocycles. The van der Waals surface area contributed by atoms with Gasteiger partial charge in [-0.3, -0.25) is 0 Å². The Morgan fingerprint density at radius 1 is 1.00 bits per heavy atom. The van der Waals surface area contributed by atoms with Crippen LogP contribution in [0.1, 0.15) is 54.7 Å². The Kier molecular flexibility index (Phi) is 8.80. The first-order valence-corrected chi connectivity index (χ1v) is 17.9. The number of anilines is 2. The monoisotopic (exact) mass is 673 g/mol. The molecule has 0 radical (unpaired) electrons. The van der Waals surface area contributed by atoms with Gasteiger partial charge in [0.05, 0.1) is 18.1 Å². The van der Waals surface area contributed by atoms with E-state index in [4.69, 9.17) is 20.1 Å². The maximum atomic E-state index is 11.9. The van der Waals surface area contributed by atoms with E-state index in [0.717, 1.165) is 11.1 Å². The smallest absolute Gasteiger partial charge is 0.229 e. The van der Waals surface area contributed by atoms with Crippen LogP contribution < -0.4 is 15.4 Å². The van der Waals surface area contributed by atoms with Crippen LogP contribution in [0, 0.1) is 5.92 Å². The van der Waals surface area contributed by atoms with Crippen molar-refractivity contribution in [3.63, 3.8) is 0 Å². The molecule has 4 heterocycles. The van der Waals surface area contributed by atoms with Crippen LogP contribution in [0.4, 0.5) is 11.8 Å². The topological polar surface area (TPSA) is 203 Å². The summed E-state index contributed by atoms with van der Waals surface area (Å²) in [6, 6.07) is 19.3. The molecule has 0 spiro atoms. The summed E-state index contributed by atoms with van der Waals surface area (Å²) < 4.78 is 25.5. The minimum Gasteiger partial charge on any atom is -0.388 e. The van der Waals surface area contributed by atoms with E-state index in [1.54, 1.807) is 10.9 Å². The molecule has 2 aliphatic rings. The van der Waals surface area contributed by atoms with Crippen molar-refractivity contribution in [1.82, 2.24) is 39.7 Å². The minimum absolute atomic E-state index is 0.00429. The highest BCUT2D eigenvalue weighted by atomic mass is 32.2. The Morgan fingerprint density at radius 2 is 1.69 bits per heavy atom. The predicted octanol–water partition coefficient (Wildman–Crippen LogP) is 1.64. The number of benzene rings is 2. The third-order valence-corrected chi connectivity index (χ3v) is 10.3. The summed E-state index contributed by atoms with van der Waals surface area (Å²) in [5.74, 6) is 1.21. The molecular weight excluding hydrogens is 634 g/mol. The van der Waals surface area contributed by atoms with Gasteiger partial charge in [-0.15, -0.1) is 10.2 Å². The van der Waals surface area contributed by atoms with Crippen molar-refractivity contribution in [1.29, 1.82) is 0 Å². The Bertz CT molecular complexity index is 1930. The number of nitrogens with zero attached hydrogens (tertiary/aromatic N) is 9. The maximum Gasteiger partial charge on any atom is 0.229 e. The zero-order valence-corrected chi connectivity index (χ0v) is 27.3. The van der Waals surface area contributed by atoms with Crippen molar-refractivity contribution in [2.24, 2.45) is 11.1 Å². The molecule has 5 atom stereocenters. The van der Waals surface area contributed by atoms with E-state index in [0.29, 0.717) is 67.7 Å². The molecule has 1 saturated carbocycles. The first kappa shape index (κ1) is 32.1. The lowest BCUT2D eigenvalue weighted by atomic mass is 9.91. The van der Waals surface area contributed by atoms with Gasteiger partial charge in [0.25, 0.3) is 0 Å². The van der Waals surface area contributed by atoms with Gasteiger partial charge in [0.1, 0.15) is 18.2 Å². The number of primary sulfonamides is 1. The van der Waals surface area contributed by atoms with Gasteiger partial charge in [-0.2, -0.15) is 14.8 Å². The fourth-order valence-electron chi connectivity index (χ4n) is 6.92. The summed E-state index contributed by atoms with van der Waals surface area (Å²) in [4.78, 5) is 17.9. The Morgan fingerprint density at radius 3 is 2.33 bits per heavy atom. The maximum absolute atomic E-state index is 11.9.